The lowest BCUT2D eigenvalue weighted by Gasteiger charge is -2.37. The summed E-state index contributed by atoms with van der Waals surface area (Å²) < 4.78 is 20.4. The third-order valence-corrected chi connectivity index (χ3v) is 7.89. The van der Waals surface area contributed by atoms with Crippen LogP contribution in [0, 0.1) is 12.7 Å². The van der Waals surface area contributed by atoms with Crippen LogP contribution < -0.4 is 14.5 Å². The van der Waals surface area contributed by atoms with Crippen LogP contribution in [0.2, 0.25) is 5.02 Å². The highest BCUT2D eigenvalue weighted by molar-refractivity contribution is 6.30. The molecule has 4 aromatic carbocycles. The Morgan fingerprint density at radius 3 is 2.38 bits per heavy atom. The molecule has 0 atom stereocenters. The molecule has 1 fully saturated rings. The Morgan fingerprint density at radius 2 is 1.62 bits per heavy atom. The first-order valence-corrected chi connectivity index (χ1v) is 14.2. The molecule has 0 radical (unpaired) electrons. The van der Waals surface area contributed by atoms with Gasteiger partial charge in [0.2, 0.25) is 0 Å². The third kappa shape index (κ3) is 5.60. The molecule has 1 saturated heterocycles. The topological polar surface area (TPSA) is 53.1 Å². The minimum Gasteiger partial charge on any atom is -0.449 e. The molecule has 0 bridgehead atoms. The second-order valence-corrected chi connectivity index (χ2v) is 10.8. The van der Waals surface area contributed by atoms with E-state index in [4.69, 9.17) is 16.3 Å². The Morgan fingerprint density at radius 1 is 0.905 bits per heavy atom. The fraction of sp³-hybridized carbons (Fsp3) is 0.176. The van der Waals surface area contributed by atoms with Crippen molar-refractivity contribution in [3.63, 3.8) is 0 Å². The average Bonchev–Trinajstić information content (AvgIpc) is 3.01. The number of benzene rings is 4. The predicted octanol–water partition coefficient (Wildman–Crippen LogP) is 6.72. The first-order valence-electron chi connectivity index (χ1n) is 13.8. The van der Waals surface area contributed by atoms with Crippen LogP contribution in [-0.4, -0.2) is 42.9 Å². The summed E-state index contributed by atoms with van der Waals surface area (Å²) in [6.45, 7) is 4.79. The van der Waals surface area contributed by atoms with Gasteiger partial charge in [-0.2, -0.15) is 0 Å². The Labute approximate surface area is 249 Å². The van der Waals surface area contributed by atoms with Crippen molar-refractivity contribution in [3.05, 3.63) is 130 Å². The number of piperazine rings is 1. The van der Waals surface area contributed by atoms with Gasteiger partial charge in [0.25, 0.3) is 11.8 Å². The molecule has 0 aliphatic carbocycles. The normalized spacial score (nSPS) is 15.9. The summed E-state index contributed by atoms with van der Waals surface area (Å²) in [5.74, 6) is -0.146. The number of hydrogen-bond donors (Lipinski definition) is 0. The fourth-order valence-corrected chi connectivity index (χ4v) is 5.51. The first-order chi connectivity index (χ1) is 20.4. The predicted molar refractivity (Wildman–Crippen MR) is 163 cm³/mol. The summed E-state index contributed by atoms with van der Waals surface area (Å²) in [6, 6.07) is 26.6. The highest BCUT2D eigenvalue weighted by Crippen LogP contribution is 2.37. The van der Waals surface area contributed by atoms with Crippen molar-refractivity contribution in [1.29, 1.82) is 0 Å². The van der Waals surface area contributed by atoms with E-state index in [0.717, 1.165) is 24.3 Å². The molecular weight excluding hydrogens is 553 g/mol. The minimum absolute atomic E-state index is 0.0355. The standard InChI is InChI=1S/C34H29ClFN3O3/c1-23-10-15-27(35)21-30(23)37-16-18-38(19-17-37)33(40)25-13-11-24(12-14-25)20-32-34(41)39(22-26-6-2-3-7-28(26)36)29-8-4-5-9-31(29)42-32/h2-15,20-21H,16-19,22H2,1H3/b32-20-. The number of para-hydroxylation sites is 2. The molecule has 4 aromatic rings. The van der Waals surface area contributed by atoms with Crippen LogP contribution in [0.1, 0.15) is 27.0 Å². The lowest BCUT2D eigenvalue weighted by Crippen LogP contribution is -2.49. The van der Waals surface area contributed by atoms with Gasteiger partial charge < -0.3 is 14.5 Å². The summed E-state index contributed by atoms with van der Waals surface area (Å²) in [5, 5.41) is 0.700. The van der Waals surface area contributed by atoms with Crippen LogP contribution in [-0.2, 0) is 11.3 Å². The van der Waals surface area contributed by atoms with Gasteiger partial charge in [0, 0.05) is 48.0 Å². The van der Waals surface area contributed by atoms with E-state index in [0.29, 0.717) is 46.2 Å². The zero-order chi connectivity index (χ0) is 29.2. The van der Waals surface area contributed by atoms with Gasteiger partial charge in [-0.25, -0.2) is 4.39 Å². The van der Waals surface area contributed by atoms with E-state index in [2.05, 4.69) is 11.8 Å². The average molecular weight is 582 g/mol. The number of fused-ring (bicyclic) bond motifs is 1. The summed E-state index contributed by atoms with van der Waals surface area (Å²) in [4.78, 5) is 32.4. The number of rotatable bonds is 5. The lowest BCUT2D eigenvalue weighted by atomic mass is 10.1. The van der Waals surface area contributed by atoms with E-state index in [9.17, 15) is 14.0 Å². The van der Waals surface area contributed by atoms with Crippen LogP contribution in [0.25, 0.3) is 6.08 Å². The quantitative estimate of drug-likeness (QED) is 0.246. The van der Waals surface area contributed by atoms with Gasteiger partial charge in [-0.05, 0) is 66.6 Å². The summed E-state index contributed by atoms with van der Waals surface area (Å²) >= 11 is 6.21. The van der Waals surface area contributed by atoms with E-state index in [-0.39, 0.29) is 29.9 Å². The maximum absolute atomic E-state index is 14.4. The molecule has 6 nitrogen and oxygen atoms in total. The van der Waals surface area contributed by atoms with Gasteiger partial charge in [-0.1, -0.05) is 60.1 Å². The summed E-state index contributed by atoms with van der Waals surface area (Å²) in [6.07, 6.45) is 1.65. The second-order valence-electron chi connectivity index (χ2n) is 10.4. The number of anilines is 2. The van der Waals surface area contributed by atoms with Gasteiger partial charge in [-0.15, -0.1) is 0 Å². The molecule has 2 heterocycles. The molecule has 0 aromatic heterocycles. The van der Waals surface area contributed by atoms with Crippen molar-refractivity contribution in [2.24, 2.45) is 0 Å². The molecule has 0 saturated carbocycles. The number of halogens is 2. The van der Waals surface area contributed by atoms with Crippen LogP contribution in [0.4, 0.5) is 15.8 Å². The molecule has 0 spiro atoms. The second kappa shape index (κ2) is 11.7. The number of hydrogen-bond acceptors (Lipinski definition) is 4. The van der Waals surface area contributed by atoms with Gasteiger partial charge in [0.05, 0.1) is 12.2 Å². The summed E-state index contributed by atoms with van der Waals surface area (Å²) in [7, 11) is 0. The third-order valence-electron chi connectivity index (χ3n) is 7.65. The Kier molecular flexibility index (Phi) is 7.68. The molecule has 2 aliphatic heterocycles. The zero-order valence-electron chi connectivity index (χ0n) is 23.1. The molecular formula is C34H29ClFN3O3. The van der Waals surface area contributed by atoms with Crippen LogP contribution in [0.15, 0.2) is 96.8 Å². The number of nitrogens with zero attached hydrogens (tertiary/aromatic N) is 3. The van der Waals surface area contributed by atoms with Crippen molar-refractivity contribution >= 4 is 40.9 Å². The zero-order valence-corrected chi connectivity index (χ0v) is 23.9. The number of ether oxygens (including phenoxy) is 1. The van der Waals surface area contributed by atoms with Crippen molar-refractivity contribution in [1.82, 2.24) is 4.90 Å². The van der Waals surface area contributed by atoms with Crippen LogP contribution in [0.5, 0.6) is 5.75 Å². The molecule has 8 heteroatoms. The number of carbonyl (C=O) groups excluding carboxylic acids is 2. The van der Waals surface area contributed by atoms with E-state index < -0.39 is 0 Å². The van der Waals surface area contributed by atoms with Gasteiger partial charge >= 0.3 is 0 Å². The highest BCUT2D eigenvalue weighted by Gasteiger charge is 2.31. The van der Waals surface area contributed by atoms with E-state index in [1.54, 1.807) is 60.7 Å². The lowest BCUT2D eigenvalue weighted by molar-refractivity contribution is -0.117. The molecule has 42 heavy (non-hydrogen) atoms. The molecule has 0 N–H and O–H groups in total. The first kappa shape index (κ1) is 27.5. The molecule has 2 amide bonds. The molecule has 6 rings (SSSR count). The van der Waals surface area contributed by atoms with E-state index in [1.165, 1.54) is 11.0 Å². The smallest absolute Gasteiger partial charge is 0.294 e. The van der Waals surface area contributed by atoms with E-state index in [1.807, 2.05) is 35.2 Å². The largest absolute Gasteiger partial charge is 0.449 e. The van der Waals surface area contributed by atoms with Crippen molar-refractivity contribution in [2.75, 3.05) is 36.0 Å². The van der Waals surface area contributed by atoms with Crippen molar-refractivity contribution in [2.45, 2.75) is 13.5 Å². The maximum Gasteiger partial charge on any atom is 0.294 e. The van der Waals surface area contributed by atoms with Gasteiger partial charge in [0.15, 0.2) is 11.5 Å². The van der Waals surface area contributed by atoms with E-state index >= 15 is 0 Å². The van der Waals surface area contributed by atoms with Crippen LogP contribution in [0.3, 0.4) is 0 Å². The Bertz CT molecular complexity index is 1680. The van der Waals surface area contributed by atoms with Gasteiger partial charge in [0.1, 0.15) is 5.82 Å². The highest BCUT2D eigenvalue weighted by atomic mass is 35.5. The SMILES string of the molecule is Cc1ccc(Cl)cc1N1CCN(C(=O)c2ccc(/C=C3\Oc4ccccc4N(Cc4ccccc4F)C3=O)cc2)CC1. The minimum atomic E-state index is -0.374. The molecule has 212 valence electrons. The number of amides is 2. The van der Waals surface area contributed by atoms with Gasteiger partial charge in [-0.3, -0.25) is 14.5 Å². The molecule has 0 unspecified atom stereocenters. The Hall–Kier alpha value is -4.62. The Balaban J connectivity index is 1.16. The van der Waals surface area contributed by atoms with Crippen molar-refractivity contribution < 1.29 is 18.7 Å². The number of aryl methyl sites for hydroxylation is 1. The monoisotopic (exact) mass is 581 g/mol. The summed E-state index contributed by atoms with van der Waals surface area (Å²) in [5.41, 5.74) is 4.53. The van der Waals surface area contributed by atoms with Crippen LogP contribution >= 0.6 is 11.6 Å². The molecule has 2 aliphatic rings. The van der Waals surface area contributed by atoms with Crippen molar-refractivity contribution in [3.8, 4) is 5.75 Å². The fourth-order valence-electron chi connectivity index (χ4n) is 5.35. The number of carbonyl (C=O) groups is 2. The maximum atomic E-state index is 14.4.